The van der Waals surface area contributed by atoms with E-state index in [4.69, 9.17) is 16.3 Å². The number of nitrogens with one attached hydrogen (secondary N) is 1. The zero-order valence-electron chi connectivity index (χ0n) is 11.8. The topological polar surface area (TPSA) is 21.3 Å². The Balaban J connectivity index is 1.93. The fourth-order valence-corrected chi connectivity index (χ4v) is 2.96. The Morgan fingerprint density at radius 1 is 1.29 bits per heavy atom. The van der Waals surface area contributed by atoms with Crippen molar-refractivity contribution in [2.24, 2.45) is 0 Å². The van der Waals surface area contributed by atoms with Crippen LogP contribution in [-0.2, 0) is 0 Å². The van der Waals surface area contributed by atoms with E-state index < -0.39 is 5.82 Å². The monoisotopic (exact) mass is 305 g/mol. The third kappa shape index (κ3) is 2.89. The van der Waals surface area contributed by atoms with Gasteiger partial charge in [0.05, 0.1) is 5.02 Å². The number of halogens is 2. The van der Waals surface area contributed by atoms with Gasteiger partial charge in [-0.2, -0.15) is 0 Å². The SMILES string of the molecule is CCNC1CC(c2ccc(F)c(Cl)c2)Oc2ccccc21. The van der Waals surface area contributed by atoms with Gasteiger partial charge < -0.3 is 10.1 Å². The summed E-state index contributed by atoms with van der Waals surface area (Å²) in [5.41, 5.74) is 2.07. The lowest BCUT2D eigenvalue weighted by molar-refractivity contribution is 0.152. The van der Waals surface area contributed by atoms with Gasteiger partial charge in [-0.1, -0.05) is 42.8 Å². The van der Waals surface area contributed by atoms with Gasteiger partial charge in [-0.3, -0.25) is 0 Å². The lowest BCUT2D eigenvalue weighted by Crippen LogP contribution is -2.29. The third-order valence-electron chi connectivity index (χ3n) is 3.78. The molecule has 2 nitrogen and oxygen atoms in total. The number of hydrogen-bond donors (Lipinski definition) is 1. The molecule has 0 radical (unpaired) electrons. The molecule has 0 aliphatic carbocycles. The summed E-state index contributed by atoms with van der Waals surface area (Å²) in [7, 11) is 0. The Bertz CT molecular complexity index is 646. The van der Waals surface area contributed by atoms with Crippen molar-refractivity contribution >= 4 is 11.6 Å². The van der Waals surface area contributed by atoms with Gasteiger partial charge in [-0.05, 0) is 30.3 Å². The first kappa shape index (κ1) is 14.4. The Morgan fingerprint density at radius 2 is 2.10 bits per heavy atom. The Kier molecular flexibility index (Phi) is 4.13. The van der Waals surface area contributed by atoms with Crippen LogP contribution >= 0.6 is 11.6 Å². The molecule has 110 valence electrons. The van der Waals surface area contributed by atoms with E-state index in [0.717, 1.165) is 24.3 Å². The third-order valence-corrected chi connectivity index (χ3v) is 4.07. The summed E-state index contributed by atoms with van der Waals surface area (Å²) >= 11 is 5.88. The van der Waals surface area contributed by atoms with Crippen LogP contribution in [0.25, 0.3) is 0 Å². The number of rotatable bonds is 3. The molecule has 0 aromatic heterocycles. The summed E-state index contributed by atoms with van der Waals surface area (Å²) in [6.45, 7) is 2.97. The first-order chi connectivity index (χ1) is 10.2. The number of para-hydroxylation sites is 1. The normalized spacial score (nSPS) is 20.7. The van der Waals surface area contributed by atoms with Gasteiger partial charge >= 0.3 is 0 Å². The molecule has 3 rings (SSSR count). The molecule has 2 unspecified atom stereocenters. The Hall–Kier alpha value is -1.58. The first-order valence-corrected chi connectivity index (χ1v) is 7.50. The van der Waals surface area contributed by atoms with Crippen LogP contribution in [-0.4, -0.2) is 6.54 Å². The lowest BCUT2D eigenvalue weighted by Gasteiger charge is -2.33. The van der Waals surface area contributed by atoms with Crippen LogP contribution in [0, 0.1) is 5.82 Å². The van der Waals surface area contributed by atoms with E-state index >= 15 is 0 Å². The fraction of sp³-hybridized carbons (Fsp3) is 0.294. The van der Waals surface area contributed by atoms with Gasteiger partial charge in [0.1, 0.15) is 17.7 Å². The maximum absolute atomic E-state index is 13.3. The second-order valence-corrected chi connectivity index (χ2v) is 5.57. The standard InChI is InChI=1S/C17H17ClFNO/c1-2-20-15-10-17(11-7-8-14(19)13(18)9-11)21-16-6-4-3-5-12(15)16/h3-9,15,17,20H,2,10H2,1H3. The van der Waals surface area contributed by atoms with Crippen molar-refractivity contribution in [1.82, 2.24) is 5.32 Å². The quantitative estimate of drug-likeness (QED) is 0.891. The molecule has 21 heavy (non-hydrogen) atoms. The second-order valence-electron chi connectivity index (χ2n) is 5.16. The molecule has 2 aromatic carbocycles. The molecule has 4 heteroatoms. The maximum Gasteiger partial charge on any atom is 0.141 e. The number of hydrogen-bond acceptors (Lipinski definition) is 2. The zero-order chi connectivity index (χ0) is 14.8. The lowest BCUT2D eigenvalue weighted by atomic mass is 9.93. The van der Waals surface area contributed by atoms with Gasteiger partial charge in [0.2, 0.25) is 0 Å². The summed E-state index contributed by atoms with van der Waals surface area (Å²) in [6, 6.07) is 13.0. The first-order valence-electron chi connectivity index (χ1n) is 7.13. The van der Waals surface area contributed by atoms with Crippen LogP contribution in [0.15, 0.2) is 42.5 Å². The molecule has 0 bridgehead atoms. The number of fused-ring (bicyclic) bond motifs is 1. The van der Waals surface area contributed by atoms with Crippen molar-refractivity contribution in [2.45, 2.75) is 25.5 Å². The average molecular weight is 306 g/mol. The van der Waals surface area contributed by atoms with Crippen molar-refractivity contribution in [2.75, 3.05) is 6.54 Å². The van der Waals surface area contributed by atoms with Gasteiger partial charge in [0.25, 0.3) is 0 Å². The highest BCUT2D eigenvalue weighted by Crippen LogP contribution is 2.41. The van der Waals surface area contributed by atoms with Crippen LogP contribution in [0.3, 0.4) is 0 Å². The highest BCUT2D eigenvalue weighted by atomic mass is 35.5. The molecule has 0 saturated carbocycles. The molecule has 2 aromatic rings. The maximum atomic E-state index is 13.3. The number of ether oxygens (including phenoxy) is 1. The fourth-order valence-electron chi connectivity index (χ4n) is 2.77. The van der Waals surface area contributed by atoms with Gasteiger partial charge in [0.15, 0.2) is 0 Å². The van der Waals surface area contributed by atoms with E-state index in [-0.39, 0.29) is 17.2 Å². The van der Waals surface area contributed by atoms with E-state index in [1.807, 2.05) is 18.2 Å². The summed E-state index contributed by atoms with van der Waals surface area (Å²) in [4.78, 5) is 0. The largest absolute Gasteiger partial charge is 0.485 e. The molecule has 0 fully saturated rings. The Labute approximate surface area is 128 Å². The Morgan fingerprint density at radius 3 is 2.86 bits per heavy atom. The van der Waals surface area contributed by atoms with Crippen molar-refractivity contribution in [1.29, 1.82) is 0 Å². The number of benzene rings is 2. The minimum absolute atomic E-state index is 0.123. The predicted molar refractivity (Wildman–Crippen MR) is 82.3 cm³/mol. The molecule has 1 heterocycles. The van der Waals surface area contributed by atoms with Crippen LogP contribution in [0.2, 0.25) is 5.02 Å². The highest BCUT2D eigenvalue weighted by molar-refractivity contribution is 6.30. The van der Waals surface area contributed by atoms with Crippen LogP contribution < -0.4 is 10.1 Å². The van der Waals surface area contributed by atoms with E-state index in [1.165, 1.54) is 11.6 Å². The van der Waals surface area contributed by atoms with Crippen LogP contribution in [0.1, 0.15) is 36.6 Å². The predicted octanol–water partition coefficient (Wildman–Crippen LogP) is 4.65. The molecule has 0 spiro atoms. The van der Waals surface area contributed by atoms with Crippen LogP contribution in [0.5, 0.6) is 5.75 Å². The van der Waals surface area contributed by atoms with Gasteiger partial charge in [0, 0.05) is 18.0 Å². The van der Waals surface area contributed by atoms with E-state index in [1.54, 1.807) is 12.1 Å². The van der Waals surface area contributed by atoms with Crippen molar-refractivity contribution < 1.29 is 9.13 Å². The molecule has 2 atom stereocenters. The molecule has 1 aliphatic heterocycles. The van der Waals surface area contributed by atoms with Gasteiger partial charge in [-0.15, -0.1) is 0 Å². The van der Waals surface area contributed by atoms with E-state index in [2.05, 4.69) is 18.3 Å². The van der Waals surface area contributed by atoms with Crippen molar-refractivity contribution in [3.8, 4) is 5.75 Å². The molecular weight excluding hydrogens is 289 g/mol. The average Bonchev–Trinajstić information content (AvgIpc) is 2.50. The molecule has 1 aliphatic rings. The van der Waals surface area contributed by atoms with E-state index in [9.17, 15) is 4.39 Å². The zero-order valence-corrected chi connectivity index (χ0v) is 12.5. The van der Waals surface area contributed by atoms with Gasteiger partial charge in [-0.25, -0.2) is 4.39 Å². The molecular formula is C17H17ClFNO. The summed E-state index contributed by atoms with van der Waals surface area (Å²) in [5.74, 6) is 0.472. The summed E-state index contributed by atoms with van der Waals surface area (Å²) in [5, 5.41) is 3.61. The molecule has 0 saturated heterocycles. The second kappa shape index (κ2) is 6.04. The summed E-state index contributed by atoms with van der Waals surface area (Å²) in [6.07, 6.45) is 0.675. The minimum atomic E-state index is -0.403. The molecule has 1 N–H and O–H groups in total. The van der Waals surface area contributed by atoms with Crippen LogP contribution in [0.4, 0.5) is 4.39 Å². The van der Waals surface area contributed by atoms with Crippen molar-refractivity contribution in [3.05, 3.63) is 64.4 Å². The van der Waals surface area contributed by atoms with Crippen molar-refractivity contribution in [3.63, 3.8) is 0 Å². The smallest absolute Gasteiger partial charge is 0.141 e. The van der Waals surface area contributed by atoms with E-state index in [0.29, 0.717) is 0 Å². The summed E-state index contributed by atoms with van der Waals surface area (Å²) < 4.78 is 19.4. The highest BCUT2D eigenvalue weighted by Gasteiger charge is 2.28. The minimum Gasteiger partial charge on any atom is -0.485 e. The molecule has 0 amide bonds.